The number of nitrogens with one attached hydrogen (secondary N) is 1. The molecule has 2 rings (SSSR count). The van der Waals surface area contributed by atoms with Crippen LogP contribution in [-0.2, 0) is 0 Å². The van der Waals surface area contributed by atoms with Gasteiger partial charge >= 0.3 is 0 Å². The summed E-state index contributed by atoms with van der Waals surface area (Å²) in [6.45, 7) is 0. The van der Waals surface area contributed by atoms with E-state index in [4.69, 9.17) is 23.8 Å². The monoisotopic (exact) mass is 364 g/mol. The summed E-state index contributed by atoms with van der Waals surface area (Å²) >= 11 is 10.8. The summed E-state index contributed by atoms with van der Waals surface area (Å²) in [4.78, 5) is 24.3. The zero-order valence-corrected chi connectivity index (χ0v) is 13.5. The fourth-order valence-corrected chi connectivity index (χ4v) is 2.06. The van der Waals surface area contributed by atoms with Crippen molar-refractivity contribution in [3.05, 3.63) is 73.3 Å². The van der Waals surface area contributed by atoms with E-state index in [1.807, 2.05) is 0 Å². The standard InChI is InChI=1S/C14H9ClN4O4S/c15-12-6-1-9(7-13(12)19(22)23)8-16-14(24)17-10-2-4-11(5-3-10)18(20)21/h1-8H,(H,17,24)/b16-8+. The van der Waals surface area contributed by atoms with E-state index in [0.29, 0.717) is 11.3 Å². The third kappa shape index (κ3) is 4.54. The highest BCUT2D eigenvalue weighted by Crippen LogP contribution is 2.24. The Kier molecular flexibility index (Phi) is 5.51. The molecular formula is C14H9ClN4O4S. The summed E-state index contributed by atoms with van der Waals surface area (Å²) in [5.74, 6) is 0. The fourth-order valence-electron chi connectivity index (χ4n) is 1.71. The maximum Gasteiger partial charge on any atom is 0.288 e. The van der Waals surface area contributed by atoms with Gasteiger partial charge in [0.25, 0.3) is 11.4 Å². The molecule has 1 N–H and O–H groups in total. The van der Waals surface area contributed by atoms with Crippen LogP contribution in [0.3, 0.4) is 0 Å². The van der Waals surface area contributed by atoms with Crippen LogP contribution in [0.25, 0.3) is 0 Å². The van der Waals surface area contributed by atoms with Gasteiger partial charge in [0.2, 0.25) is 0 Å². The number of benzene rings is 2. The summed E-state index contributed by atoms with van der Waals surface area (Å²) in [6.07, 6.45) is 1.35. The number of hydrogen-bond acceptors (Lipinski definition) is 5. The van der Waals surface area contributed by atoms with Crippen molar-refractivity contribution in [1.82, 2.24) is 0 Å². The highest BCUT2D eigenvalue weighted by molar-refractivity contribution is 7.80. The molecule has 0 saturated carbocycles. The molecule has 0 saturated heterocycles. The molecule has 2 aromatic rings. The minimum Gasteiger partial charge on any atom is -0.331 e. The van der Waals surface area contributed by atoms with Gasteiger partial charge in [0.05, 0.1) is 9.85 Å². The lowest BCUT2D eigenvalue weighted by atomic mass is 10.2. The molecule has 0 amide bonds. The summed E-state index contributed by atoms with van der Waals surface area (Å²) in [5, 5.41) is 24.3. The van der Waals surface area contributed by atoms with Gasteiger partial charge in [-0.2, -0.15) is 0 Å². The third-order valence-electron chi connectivity index (χ3n) is 2.83. The van der Waals surface area contributed by atoms with Gasteiger partial charge in [-0.15, -0.1) is 0 Å². The average Bonchev–Trinajstić information content (AvgIpc) is 2.54. The van der Waals surface area contributed by atoms with Crippen LogP contribution in [0.1, 0.15) is 5.56 Å². The number of nitro benzene ring substituents is 2. The first-order chi connectivity index (χ1) is 11.4. The highest BCUT2D eigenvalue weighted by atomic mass is 35.5. The summed E-state index contributed by atoms with van der Waals surface area (Å²) < 4.78 is 0. The Morgan fingerprint density at radius 1 is 1.12 bits per heavy atom. The van der Waals surface area contributed by atoms with Gasteiger partial charge < -0.3 is 5.32 Å². The van der Waals surface area contributed by atoms with Crippen molar-refractivity contribution in [2.75, 3.05) is 5.32 Å². The maximum atomic E-state index is 10.8. The number of nitro groups is 2. The fraction of sp³-hybridized carbons (Fsp3) is 0. The first kappa shape index (κ1) is 17.4. The predicted molar refractivity (Wildman–Crippen MR) is 95.0 cm³/mol. The van der Waals surface area contributed by atoms with E-state index in [0.717, 1.165) is 0 Å². The summed E-state index contributed by atoms with van der Waals surface area (Å²) in [5.41, 5.74) is 0.724. The number of nitrogens with zero attached hydrogens (tertiary/aromatic N) is 3. The van der Waals surface area contributed by atoms with Gasteiger partial charge in [-0.25, -0.2) is 4.99 Å². The second-order valence-corrected chi connectivity index (χ2v) is 5.25. The van der Waals surface area contributed by atoms with Gasteiger partial charge in [0.15, 0.2) is 5.11 Å². The van der Waals surface area contributed by atoms with Crippen LogP contribution >= 0.6 is 23.8 Å². The van der Waals surface area contributed by atoms with Crippen LogP contribution in [0.5, 0.6) is 0 Å². The number of non-ortho nitro benzene ring substituents is 1. The Hall–Kier alpha value is -2.91. The van der Waals surface area contributed by atoms with Gasteiger partial charge in [-0.1, -0.05) is 17.7 Å². The van der Waals surface area contributed by atoms with Crippen LogP contribution < -0.4 is 5.32 Å². The summed E-state index contributed by atoms with van der Waals surface area (Å²) in [6, 6.07) is 9.89. The van der Waals surface area contributed by atoms with Crippen LogP contribution in [0, 0.1) is 20.2 Å². The molecule has 0 aliphatic heterocycles. The lowest BCUT2D eigenvalue weighted by Gasteiger charge is -2.03. The van der Waals surface area contributed by atoms with Crippen LogP contribution in [0.2, 0.25) is 5.02 Å². The molecule has 0 unspecified atom stereocenters. The number of aliphatic imine (C=N–C) groups is 1. The van der Waals surface area contributed by atoms with Gasteiger partial charge in [0.1, 0.15) is 5.02 Å². The Balaban J connectivity index is 2.06. The molecule has 0 heterocycles. The number of rotatable bonds is 4. The van der Waals surface area contributed by atoms with E-state index in [1.54, 1.807) is 6.07 Å². The molecule has 24 heavy (non-hydrogen) atoms. The number of anilines is 1. The van der Waals surface area contributed by atoms with Crippen molar-refractivity contribution in [3.63, 3.8) is 0 Å². The van der Waals surface area contributed by atoms with Crippen LogP contribution in [-0.4, -0.2) is 21.2 Å². The normalized spacial score (nSPS) is 10.5. The molecule has 122 valence electrons. The van der Waals surface area contributed by atoms with E-state index in [1.165, 1.54) is 42.6 Å². The lowest BCUT2D eigenvalue weighted by Crippen LogP contribution is -2.06. The molecule has 2 aromatic carbocycles. The Bertz CT molecular complexity index is 839. The second kappa shape index (κ2) is 7.57. The minimum atomic E-state index is -0.590. The number of thiocarbonyl (C=S) groups is 1. The Morgan fingerprint density at radius 3 is 2.38 bits per heavy atom. The zero-order chi connectivity index (χ0) is 17.7. The Labute approximate surface area is 146 Å². The molecule has 8 nitrogen and oxygen atoms in total. The number of hydrogen-bond donors (Lipinski definition) is 1. The molecule has 0 fully saturated rings. The highest BCUT2D eigenvalue weighted by Gasteiger charge is 2.11. The molecule has 0 radical (unpaired) electrons. The van der Waals surface area contributed by atoms with Gasteiger partial charge in [-0.3, -0.25) is 20.2 Å². The predicted octanol–water partition coefficient (Wildman–Crippen LogP) is 3.97. The molecule has 0 bridgehead atoms. The smallest absolute Gasteiger partial charge is 0.288 e. The largest absolute Gasteiger partial charge is 0.331 e. The van der Waals surface area contributed by atoms with Gasteiger partial charge in [-0.05, 0) is 36.0 Å². The SMILES string of the molecule is O=[N+]([O-])c1ccc(NC(=S)/N=C/c2ccc(Cl)c([N+](=O)[O-])c2)cc1. The van der Waals surface area contributed by atoms with E-state index in [2.05, 4.69) is 10.3 Å². The minimum absolute atomic E-state index is 0.0312. The topological polar surface area (TPSA) is 111 Å². The van der Waals surface area contributed by atoms with Crippen LogP contribution in [0.15, 0.2) is 47.5 Å². The van der Waals surface area contributed by atoms with E-state index in [-0.39, 0.29) is 21.5 Å². The molecule has 0 aliphatic rings. The average molecular weight is 365 g/mol. The van der Waals surface area contributed by atoms with Crippen molar-refractivity contribution < 1.29 is 9.85 Å². The molecule has 0 atom stereocenters. The van der Waals surface area contributed by atoms with Crippen LogP contribution in [0.4, 0.5) is 17.1 Å². The van der Waals surface area contributed by atoms with Crippen molar-refractivity contribution >= 4 is 52.2 Å². The van der Waals surface area contributed by atoms with Gasteiger partial charge in [0, 0.05) is 30.1 Å². The first-order valence-electron chi connectivity index (χ1n) is 6.40. The van der Waals surface area contributed by atoms with E-state index < -0.39 is 9.85 Å². The third-order valence-corrected chi connectivity index (χ3v) is 3.35. The molecule has 0 aliphatic carbocycles. The van der Waals surface area contributed by atoms with E-state index >= 15 is 0 Å². The van der Waals surface area contributed by atoms with Crippen molar-refractivity contribution in [3.8, 4) is 0 Å². The molecule has 10 heteroatoms. The first-order valence-corrected chi connectivity index (χ1v) is 7.19. The number of halogens is 1. The molecule has 0 spiro atoms. The maximum absolute atomic E-state index is 10.8. The van der Waals surface area contributed by atoms with Crippen molar-refractivity contribution in [1.29, 1.82) is 0 Å². The lowest BCUT2D eigenvalue weighted by molar-refractivity contribution is -0.385. The Morgan fingerprint density at radius 2 is 1.79 bits per heavy atom. The van der Waals surface area contributed by atoms with Crippen molar-refractivity contribution in [2.45, 2.75) is 0 Å². The quantitative estimate of drug-likeness (QED) is 0.380. The molecular weight excluding hydrogens is 356 g/mol. The summed E-state index contributed by atoms with van der Waals surface area (Å²) in [7, 11) is 0. The molecule has 0 aromatic heterocycles. The van der Waals surface area contributed by atoms with E-state index in [9.17, 15) is 20.2 Å². The van der Waals surface area contributed by atoms with Crippen molar-refractivity contribution in [2.24, 2.45) is 4.99 Å². The zero-order valence-electron chi connectivity index (χ0n) is 11.9. The second-order valence-electron chi connectivity index (χ2n) is 4.46.